The van der Waals surface area contributed by atoms with Gasteiger partial charge >= 0.3 is 0 Å². The van der Waals surface area contributed by atoms with Gasteiger partial charge in [-0.05, 0) is 32.1 Å². The van der Waals surface area contributed by atoms with E-state index in [1.54, 1.807) is 19.1 Å². The molecule has 0 aromatic carbocycles. The van der Waals surface area contributed by atoms with Gasteiger partial charge in [0.2, 0.25) is 5.91 Å². The number of nitrogens with one attached hydrogen (secondary N) is 1. The summed E-state index contributed by atoms with van der Waals surface area (Å²) in [5.41, 5.74) is 0. The summed E-state index contributed by atoms with van der Waals surface area (Å²) < 4.78 is 4.93. The van der Waals surface area contributed by atoms with E-state index in [-0.39, 0.29) is 17.7 Å². The third-order valence-corrected chi connectivity index (χ3v) is 6.16. The molecule has 1 aromatic rings. The number of nitrogens with zero attached hydrogens (tertiary/aromatic N) is 1. The van der Waals surface area contributed by atoms with Crippen LogP contribution >= 0.6 is 0 Å². The minimum atomic E-state index is -0.553. The van der Waals surface area contributed by atoms with Gasteiger partial charge in [0, 0.05) is 24.8 Å². The van der Waals surface area contributed by atoms with E-state index in [1.807, 2.05) is 6.08 Å². The quantitative estimate of drug-likeness (QED) is 0.258. The minimum Gasteiger partial charge on any atom is -0.393 e. The van der Waals surface area contributed by atoms with Gasteiger partial charge in [-0.1, -0.05) is 62.8 Å². The first-order chi connectivity index (χ1) is 14.9. The summed E-state index contributed by atoms with van der Waals surface area (Å²) in [4.78, 5) is 11.9. The molecule has 1 fully saturated rings. The van der Waals surface area contributed by atoms with Gasteiger partial charge in [0.05, 0.1) is 18.3 Å². The van der Waals surface area contributed by atoms with Gasteiger partial charge in [-0.2, -0.15) is 0 Å². The Morgan fingerprint density at radius 1 is 1.23 bits per heavy atom. The Hall–Kier alpha value is -1.70. The summed E-state index contributed by atoms with van der Waals surface area (Å²) in [6.45, 7) is 3.91. The largest absolute Gasteiger partial charge is 0.393 e. The van der Waals surface area contributed by atoms with Gasteiger partial charge in [-0.3, -0.25) is 4.79 Å². The molecule has 1 aromatic heterocycles. The Labute approximate surface area is 185 Å². The molecule has 0 aliphatic heterocycles. The van der Waals surface area contributed by atoms with Crippen molar-refractivity contribution < 1.29 is 24.6 Å². The van der Waals surface area contributed by atoms with Crippen molar-refractivity contribution in [1.82, 2.24) is 5.16 Å². The number of rotatable bonds is 14. The monoisotopic (exact) mass is 436 g/mol. The standard InChI is InChI=1S/C24H40N2O5/c1-3-4-7-10-18(27)13-14-20-19(21(28)16-22(20)29)11-8-5-6-9-12-24(30)25-23-15-17(2)31-26-23/h13-15,18-22,27-29H,3-12,16H2,1-2H3,(H,25,26,30)/b14-13+/t18-,19+,20+,21-,22+/m0/s1. The van der Waals surface area contributed by atoms with Crippen LogP contribution in [0.1, 0.15) is 83.3 Å². The lowest BCUT2D eigenvalue weighted by Gasteiger charge is -2.21. The zero-order valence-corrected chi connectivity index (χ0v) is 19.0. The third kappa shape index (κ3) is 9.13. The second-order valence-corrected chi connectivity index (χ2v) is 8.88. The first-order valence-electron chi connectivity index (χ1n) is 11.9. The van der Waals surface area contributed by atoms with Crippen LogP contribution in [0.2, 0.25) is 0 Å². The fourth-order valence-electron chi connectivity index (χ4n) is 4.38. The van der Waals surface area contributed by atoms with Crippen LogP contribution in [0.15, 0.2) is 22.7 Å². The van der Waals surface area contributed by atoms with E-state index in [4.69, 9.17) is 4.52 Å². The van der Waals surface area contributed by atoms with Gasteiger partial charge in [-0.15, -0.1) is 0 Å². The number of aliphatic hydroxyl groups excluding tert-OH is 3. The highest BCUT2D eigenvalue weighted by Gasteiger charge is 2.39. The molecule has 31 heavy (non-hydrogen) atoms. The third-order valence-electron chi connectivity index (χ3n) is 6.16. The molecule has 0 spiro atoms. The second-order valence-electron chi connectivity index (χ2n) is 8.88. The van der Waals surface area contributed by atoms with Gasteiger partial charge < -0.3 is 25.2 Å². The average molecular weight is 437 g/mol. The molecule has 4 N–H and O–H groups in total. The maximum Gasteiger partial charge on any atom is 0.225 e. The molecule has 7 nitrogen and oxygen atoms in total. The van der Waals surface area contributed by atoms with Gasteiger partial charge in [0.25, 0.3) is 0 Å². The Morgan fingerprint density at radius 3 is 2.71 bits per heavy atom. The highest BCUT2D eigenvalue weighted by Crippen LogP contribution is 2.37. The van der Waals surface area contributed by atoms with Crippen LogP contribution < -0.4 is 5.32 Å². The SMILES string of the molecule is CCCCC[C@H](O)/C=C/[C@@H]1[C@@H](CCCCCCC(=O)Nc2cc(C)on2)[C@@H](O)C[C@H]1O. The summed E-state index contributed by atoms with van der Waals surface area (Å²) in [7, 11) is 0. The number of hydrogen-bond donors (Lipinski definition) is 4. The maximum atomic E-state index is 11.9. The molecule has 0 unspecified atom stereocenters. The molecule has 1 aliphatic rings. The summed E-state index contributed by atoms with van der Waals surface area (Å²) >= 11 is 0. The molecule has 7 heteroatoms. The zero-order chi connectivity index (χ0) is 22.6. The van der Waals surface area contributed by atoms with Crippen LogP contribution in [0.3, 0.4) is 0 Å². The molecule has 0 radical (unpaired) electrons. The molecule has 1 amide bonds. The topological polar surface area (TPSA) is 116 Å². The smallest absolute Gasteiger partial charge is 0.225 e. The van der Waals surface area contributed by atoms with Gasteiger partial charge in [-0.25, -0.2) is 0 Å². The van der Waals surface area contributed by atoms with Crippen LogP contribution in [0.25, 0.3) is 0 Å². The number of aliphatic hydroxyl groups is 3. The molecular weight excluding hydrogens is 396 g/mol. The number of anilines is 1. The summed E-state index contributed by atoms with van der Waals surface area (Å²) in [5.74, 6) is 0.963. The lowest BCUT2D eigenvalue weighted by Crippen LogP contribution is -2.21. The van der Waals surface area contributed by atoms with Crippen molar-refractivity contribution in [3.05, 3.63) is 24.0 Å². The van der Waals surface area contributed by atoms with E-state index < -0.39 is 18.3 Å². The average Bonchev–Trinajstić information content (AvgIpc) is 3.24. The molecule has 0 saturated heterocycles. The number of amides is 1. The number of hydrogen-bond acceptors (Lipinski definition) is 6. The van der Waals surface area contributed by atoms with E-state index in [9.17, 15) is 20.1 Å². The van der Waals surface area contributed by atoms with Gasteiger partial charge in [0.1, 0.15) is 5.76 Å². The Balaban J connectivity index is 1.65. The highest BCUT2D eigenvalue weighted by atomic mass is 16.5. The Morgan fingerprint density at radius 2 is 2.00 bits per heavy atom. The molecule has 1 saturated carbocycles. The van der Waals surface area contributed by atoms with Crippen molar-refractivity contribution in [3.8, 4) is 0 Å². The summed E-state index contributed by atoms with van der Waals surface area (Å²) in [5, 5.41) is 37.3. The van der Waals surface area contributed by atoms with Crippen molar-refractivity contribution in [3.63, 3.8) is 0 Å². The number of carbonyl (C=O) groups is 1. The maximum absolute atomic E-state index is 11.9. The number of aromatic nitrogens is 1. The number of unbranched alkanes of at least 4 members (excludes halogenated alkanes) is 5. The number of aryl methyl sites for hydroxylation is 1. The second kappa shape index (κ2) is 13.7. The predicted octanol–water partition coefficient (Wildman–Crippen LogP) is 4.12. The highest BCUT2D eigenvalue weighted by molar-refractivity contribution is 5.89. The molecule has 1 aliphatic carbocycles. The molecule has 176 valence electrons. The fourth-order valence-corrected chi connectivity index (χ4v) is 4.38. The summed E-state index contributed by atoms with van der Waals surface area (Å²) in [6.07, 6.45) is 11.5. The molecule has 0 bridgehead atoms. The van der Waals surface area contributed by atoms with Crippen LogP contribution in [0.5, 0.6) is 0 Å². The normalized spacial score (nSPS) is 24.7. The van der Waals surface area contributed by atoms with Crippen molar-refractivity contribution >= 4 is 11.7 Å². The molecule has 1 heterocycles. The van der Waals surface area contributed by atoms with Crippen LogP contribution in [-0.4, -0.2) is 44.7 Å². The van der Waals surface area contributed by atoms with Crippen molar-refractivity contribution in [1.29, 1.82) is 0 Å². The summed E-state index contributed by atoms with van der Waals surface area (Å²) in [6, 6.07) is 1.69. The Bertz CT molecular complexity index is 675. The van der Waals surface area contributed by atoms with Crippen LogP contribution in [0.4, 0.5) is 5.82 Å². The lowest BCUT2D eigenvalue weighted by molar-refractivity contribution is -0.116. The van der Waals surface area contributed by atoms with Crippen LogP contribution in [0, 0.1) is 18.8 Å². The first kappa shape index (κ1) is 25.6. The fraction of sp³-hybridized carbons (Fsp3) is 0.750. The van der Waals surface area contributed by atoms with Crippen molar-refractivity contribution in [2.75, 3.05) is 5.32 Å². The molecular formula is C24H40N2O5. The van der Waals surface area contributed by atoms with E-state index >= 15 is 0 Å². The van der Waals surface area contributed by atoms with E-state index in [0.29, 0.717) is 24.4 Å². The van der Waals surface area contributed by atoms with Crippen molar-refractivity contribution in [2.24, 2.45) is 11.8 Å². The lowest BCUT2D eigenvalue weighted by atomic mass is 9.88. The molecule has 5 atom stereocenters. The predicted molar refractivity (Wildman–Crippen MR) is 120 cm³/mol. The Kier molecular flexibility index (Phi) is 11.3. The number of carbonyl (C=O) groups excluding carboxylic acids is 1. The van der Waals surface area contributed by atoms with Crippen molar-refractivity contribution in [2.45, 2.75) is 103 Å². The van der Waals surface area contributed by atoms with Crippen LogP contribution in [-0.2, 0) is 4.79 Å². The van der Waals surface area contributed by atoms with Gasteiger partial charge in [0.15, 0.2) is 5.82 Å². The van der Waals surface area contributed by atoms with E-state index in [1.165, 1.54) is 0 Å². The van der Waals surface area contributed by atoms with E-state index in [0.717, 1.165) is 57.8 Å². The first-order valence-corrected chi connectivity index (χ1v) is 11.9. The molecule has 2 rings (SSSR count). The van der Waals surface area contributed by atoms with E-state index in [2.05, 4.69) is 17.4 Å². The minimum absolute atomic E-state index is 0.0211. The zero-order valence-electron chi connectivity index (χ0n) is 19.0.